The zero-order valence-electron chi connectivity index (χ0n) is 2.13. The third-order valence-corrected chi connectivity index (χ3v) is 3.21. The minimum atomic E-state index is -0.925. The van der Waals surface area contributed by atoms with E-state index in [1.165, 1.54) is 0 Å². The number of hydrogen-bond donors (Lipinski definition) is 0. The van der Waals surface area contributed by atoms with Crippen molar-refractivity contribution in [1.82, 2.24) is 0 Å². The Morgan fingerprint density at radius 3 is 1.80 bits per heavy atom. The average molecular weight is 405 g/mol. The van der Waals surface area contributed by atoms with E-state index in [1.54, 1.807) is 0 Å². The molecule has 0 amide bonds. The second-order valence-corrected chi connectivity index (χ2v) is 23.4. The summed E-state index contributed by atoms with van der Waals surface area (Å²) in [6.07, 6.45) is 6.46. The summed E-state index contributed by atoms with van der Waals surface area (Å²) in [5.41, 5.74) is 0. The van der Waals surface area contributed by atoms with E-state index in [-0.39, 0.29) is 0 Å². The number of rotatable bonds is 0. The van der Waals surface area contributed by atoms with Gasteiger partial charge in [-0.3, -0.25) is 0 Å². The van der Waals surface area contributed by atoms with Crippen LogP contribution in [0.3, 0.4) is 0 Å². The Morgan fingerprint density at radius 1 is 1.60 bits per heavy atom. The van der Waals surface area contributed by atoms with Crippen LogP contribution in [0.5, 0.6) is 0 Å². The fourth-order valence-corrected chi connectivity index (χ4v) is 0. The van der Waals surface area contributed by atoms with Gasteiger partial charge in [0.1, 0.15) is 0 Å². The summed E-state index contributed by atoms with van der Waals surface area (Å²) in [4.78, 5) is 0. The van der Waals surface area contributed by atoms with Crippen LogP contribution >= 0.6 is 49.1 Å². The molecule has 0 bridgehead atoms. The van der Waals surface area contributed by atoms with Crippen molar-refractivity contribution in [2.24, 2.45) is 0 Å². The van der Waals surface area contributed by atoms with Crippen LogP contribution in [0, 0.1) is 10.4 Å². The van der Waals surface area contributed by atoms with E-state index in [2.05, 4.69) is 41.2 Å². The Kier molecular flexibility index (Phi) is 5.30. The van der Waals surface area contributed by atoms with E-state index in [9.17, 15) is 0 Å². The third kappa shape index (κ3) is 5.75. The first-order chi connectivity index (χ1) is 2.27. The predicted molar refractivity (Wildman–Crippen MR) is 49.2 cm³/mol. The molecule has 5 heavy (non-hydrogen) atoms. The van der Waals surface area contributed by atoms with Crippen LogP contribution in [0.25, 0.3) is 0 Å². The first kappa shape index (κ1) is 6.75. The van der Waals surface area contributed by atoms with Gasteiger partial charge in [-0.1, -0.05) is 0 Å². The van der Waals surface area contributed by atoms with Crippen molar-refractivity contribution in [2.45, 2.75) is 0 Å². The van der Waals surface area contributed by atoms with Crippen molar-refractivity contribution < 1.29 is 0 Å². The molecular weight excluding hydrogens is 405 g/mol. The van der Waals surface area contributed by atoms with Gasteiger partial charge >= 0.3 is 59.5 Å². The Labute approximate surface area is 58.2 Å². The summed E-state index contributed by atoms with van der Waals surface area (Å²) in [5.74, 6) is 0. The number of hydrogen-bond acceptors (Lipinski definition) is 0. The Bertz CT molecular complexity index is 50.4. The van der Waals surface area contributed by atoms with Gasteiger partial charge in [-0.05, 0) is 0 Å². The monoisotopic (exact) mass is 405 g/mol. The Balaban J connectivity index is 2.94. The van der Waals surface area contributed by atoms with Crippen LogP contribution in [0.4, 0.5) is 0 Å². The topological polar surface area (TPSA) is 0 Å². The van der Waals surface area contributed by atoms with E-state index >= 15 is 0 Å². The molecule has 0 atom stereocenters. The molecule has 0 radical (unpaired) electrons. The van der Waals surface area contributed by atoms with E-state index in [0.29, 0.717) is 0 Å². The Morgan fingerprint density at radius 2 is 1.80 bits per heavy atom. The van der Waals surface area contributed by atoms with Crippen LogP contribution in [0.1, 0.15) is 0 Å². The molecule has 0 aromatic heterocycles. The average Bonchev–Trinajstić information content (AvgIpc) is 1.38. The first-order valence-electron chi connectivity index (χ1n) is 0.725. The van der Waals surface area contributed by atoms with Gasteiger partial charge in [-0.15, -0.1) is 0 Å². The zero-order valence-corrected chi connectivity index (χ0v) is 8.61. The van der Waals surface area contributed by atoms with Crippen molar-refractivity contribution in [3.05, 3.63) is 6.42 Å². The van der Waals surface area contributed by atoms with Crippen molar-refractivity contribution in [3.63, 3.8) is 0 Å². The van der Waals surface area contributed by atoms with E-state index in [1.807, 2.05) is 0 Å². The van der Waals surface area contributed by atoms with Gasteiger partial charge in [-0.2, -0.15) is 0 Å². The summed E-state index contributed by atoms with van der Waals surface area (Å²) in [5, 5.41) is 0. The molecule has 3 heteroatoms. The molecule has 30 valence electrons. The van der Waals surface area contributed by atoms with Crippen LogP contribution in [0.2, 0.25) is 0 Å². The summed E-state index contributed by atoms with van der Waals surface area (Å²) in [6, 6.07) is 0. The van der Waals surface area contributed by atoms with Crippen molar-refractivity contribution in [2.75, 3.05) is 0 Å². The van der Waals surface area contributed by atoms with Crippen LogP contribution < -0.4 is 0 Å². The minimum absolute atomic E-state index is 0.925. The van der Waals surface area contributed by atoms with Gasteiger partial charge in [0.05, 0.1) is 0 Å². The molecule has 0 fully saturated rings. The van der Waals surface area contributed by atoms with Gasteiger partial charge in [0.25, 0.3) is 0 Å². The van der Waals surface area contributed by atoms with Crippen molar-refractivity contribution >= 4 is 49.1 Å². The fraction of sp³-hybridized carbons (Fsp3) is 0. The second kappa shape index (κ2) is 3.92. The van der Waals surface area contributed by atoms with Crippen molar-refractivity contribution in [3.8, 4) is 3.93 Å². The molecule has 0 N–H and O–H groups in total. The molecular formula is C2I3-. The standard InChI is InChI=1S/C2I3/c1-2-5(3)4/q-1. The summed E-state index contributed by atoms with van der Waals surface area (Å²) < 4.78 is 2.41. The summed E-state index contributed by atoms with van der Waals surface area (Å²) >= 11 is 3.58. The van der Waals surface area contributed by atoms with Gasteiger partial charge < -0.3 is 0 Å². The van der Waals surface area contributed by atoms with Crippen molar-refractivity contribution in [1.29, 1.82) is 0 Å². The Hall–Kier alpha value is 1.75. The van der Waals surface area contributed by atoms with E-state index < -0.39 is 11.9 Å². The molecule has 0 rings (SSSR count). The van der Waals surface area contributed by atoms with Crippen LogP contribution in [-0.4, -0.2) is 0 Å². The van der Waals surface area contributed by atoms with Gasteiger partial charge in [0, 0.05) is 0 Å². The maximum atomic E-state index is 6.46. The molecule has 0 aromatic carbocycles. The molecule has 0 unspecified atom stereocenters. The molecule has 0 aliphatic rings. The predicted octanol–water partition coefficient (Wildman–Crippen LogP) is 2.74. The summed E-state index contributed by atoms with van der Waals surface area (Å²) in [7, 11) is 0. The molecule has 0 nitrogen and oxygen atoms in total. The SMILES string of the molecule is [C-]#CI(I)I. The van der Waals surface area contributed by atoms with Gasteiger partial charge in [-0.25, -0.2) is 0 Å². The molecule has 0 saturated heterocycles. The third-order valence-electron chi connectivity index (χ3n) is 0.0714. The van der Waals surface area contributed by atoms with Gasteiger partial charge in [0.2, 0.25) is 0 Å². The summed E-state index contributed by atoms with van der Waals surface area (Å²) in [6.45, 7) is 0. The fourth-order valence-electron chi connectivity index (χ4n) is 0. The van der Waals surface area contributed by atoms with E-state index in [4.69, 9.17) is 6.42 Å². The zero-order chi connectivity index (χ0) is 4.28. The quantitative estimate of drug-likeness (QED) is 0.331. The first-order valence-corrected chi connectivity index (χ1v) is 14.4. The molecule has 0 heterocycles. The second-order valence-electron chi connectivity index (χ2n) is 0.291. The molecule has 0 aromatic rings. The van der Waals surface area contributed by atoms with Crippen LogP contribution in [-0.2, 0) is 0 Å². The molecule has 0 spiro atoms. The number of halogens is 3. The normalized spacial score (nSPS) is 9.40. The molecule has 0 aliphatic carbocycles. The van der Waals surface area contributed by atoms with Crippen LogP contribution in [0.15, 0.2) is 0 Å². The molecule has 0 aliphatic heterocycles. The van der Waals surface area contributed by atoms with Gasteiger partial charge in [0.15, 0.2) is 0 Å². The maximum absolute atomic E-state index is 6.46. The van der Waals surface area contributed by atoms with E-state index in [0.717, 1.165) is 0 Å². The molecule has 0 saturated carbocycles.